The number of urea groups is 1. The largest absolute Gasteiger partial charge is 0.460 e. The molecule has 0 fully saturated rings. The molecule has 0 aliphatic rings. The van der Waals surface area contributed by atoms with Gasteiger partial charge in [0.15, 0.2) is 5.82 Å². The van der Waals surface area contributed by atoms with E-state index in [4.69, 9.17) is 8.94 Å². The van der Waals surface area contributed by atoms with Gasteiger partial charge in [-0.05, 0) is 48.5 Å². The number of nitrogens with one attached hydrogen (secondary N) is 3. The van der Waals surface area contributed by atoms with Crippen molar-refractivity contribution in [3.05, 3.63) is 78.5 Å². The van der Waals surface area contributed by atoms with Gasteiger partial charge in [-0.3, -0.25) is 5.32 Å². The lowest BCUT2D eigenvalue weighted by atomic mass is 9.93. The van der Waals surface area contributed by atoms with Crippen LogP contribution < -0.4 is 16.0 Å². The van der Waals surface area contributed by atoms with Gasteiger partial charge >= 0.3 is 6.03 Å². The molecule has 0 saturated heterocycles. The lowest BCUT2D eigenvalue weighted by molar-refractivity contribution is 0.262. The molecule has 13 heteroatoms. The molecule has 0 aliphatic heterocycles. The molecule has 3 aromatic heterocycles. The molecule has 0 atom stereocenters. The Labute approximate surface area is 253 Å². The molecule has 3 N–H and O–H groups in total. The van der Waals surface area contributed by atoms with E-state index in [0.717, 1.165) is 26.4 Å². The molecule has 0 spiro atoms. The Morgan fingerprint density at radius 1 is 1.00 bits per heavy atom. The number of aromatic nitrogens is 3. The second-order valence-electron chi connectivity index (χ2n) is 11.0. The monoisotopic (exact) mass is 620 g/mol. The number of carbonyl (C=O) groups excluding carboxylic acids is 1. The number of furan rings is 1. The topological polar surface area (TPSA) is 152 Å². The lowest BCUT2D eigenvalue weighted by Crippen LogP contribution is -2.21. The van der Waals surface area contributed by atoms with E-state index in [2.05, 4.69) is 31.1 Å². The van der Waals surface area contributed by atoms with Crippen molar-refractivity contribution >= 4 is 50.0 Å². The van der Waals surface area contributed by atoms with Crippen LogP contribution in [0.3, 0.4) is 0 Å². The molecule has 5 aromatic rings. The van der Waals surface area contributed by atoms with Crippen molar-refractivity contribution in [1.82, 2.24) is 20.4 Å². The van der Waals surface area contributed by atoms with Crippen molar-refractivity contribution in [3.8, 4) is 11.3 Å². The fraction of sp³-hybridized carbons (Fsp3) is 0.267. The molecular formula is C30H32N6O5S2. The summed E-state index contributed by atoms with van der Waals surface area (Å²) in [5.74, 6) is 2.46. The zero-order valence-electron chi connectivity index (χ0n) is 24.2. The highest BCUT2D eigenvalue weighted by atomic mass is 32.2. The second-order valence-corrected chi connectivity index (χ2v) is 14.3. The normalized spacial score (nSPS) is 12.0. The third kappa shape index (κ3) is 8.21. The molecular weight excluding hydrogens is 589 g/mol. The Balaban J connectivity index is 1.27. The number of hydrogen-bond acceptors (Lipinski definition) is 10. The van der Waals surface area contributed by atoms with Crippen LogP contribution >= 0.6 is 11.8 Å². The van der Waals surface area contributed by atoms with Crippen molar-refractivity contribution in [2.75, 3.05) is 29.2 Å². The van der Waals surface area contributed by atoms with Gasteiger partial charge in [-0.2, -0.15) is 0 Å². The SMILES string of the molecule is CC(C)(C)c1cc(NC(=O)Nc2cccc(Sc3ncnc4ccc(-c5ccc(CNCCS(C)(=O)=O)o5)cc34)c2)no1. The highest BCUT2D eigenvalue weighted by molar-refractivity contribution is 7.99. The van der Waals surface area contributed by atoms with E-state index in [1.165, 1.54) is 24.3 Å². The summed E-state index contributed by atoms with van der Waals surface area (Å²) < 4.78 is 34.0. The Morgan fingerprint density at radius 2 is 1.84 bits per heavy atom. The Hall–Kier alpha value is -4.20. The number of sulfone groups is 1. The lowest BCUT2D eigenvalue weighted by Gasteiger charge is -2.12. The summed E-state index contributed by atoms with van der Waals surface area (Å²) in [7, 11) is -3.02. The summed E-state index contributed by atoms with van der Waals surface area (Å²) in [5.41, 5.74) is 2.03. The van der Waals surface area contributed by atoms with Crippen molar-refractivity contribution in [1.29, 1.82) is 0 Å². The second kappa shape index (κ2) is 12.6. The summed E-state index contributed by atoms with van der Waals surface area (Å²) in [6.07, 6.45) is 2.74. The summed E-state index contributed by atoms with van der Waals surface area (Å²) in [6.45, 7) is 6.78. The minimum Gasteiger partial charge on any atom is -0.460 e. The zero-order valence-corrected chi connectivity index (χ0v) is 25.8. The summed E-state index contributed by atoms with van der Waals surface area (Å²) in [4.78, 5) is 22.4. The van der Waals surface area contributed by atoms with Gasteiger partial charge in [-0.15, -0.1) is 0 Å². The van der Waals surface area contributed by atoms with Crippen LogP contribution in [-0.2, 0) is 21.8 Å². The minimum atomic E-state index is -3.02. The van der Waals surface area contributed by atoms with Gasteiger partial charge in [0.2, 0.25) is 0 Å². The van der Waals surface area contributed by atoms with Crippen molar-refractivity contribution in [3.63, 3.8) is 0 Å². The molecule has 11 nitrogen and oxygen atoms in total. The predicted octanol–water partition coefficient (Wildman–Crippen LogP) is 6.10. The molecule has 0 bridgehead atoms. The molecule has 0 saturated carbocycles. The highest BCUT2D eigenvalue weighted by Gasteiger charge is 2.20. The van der Waals surface area contributed by atoms with E-state index in [0.29, 0.717) is 41.9 Å². The van der Waals surface area contributed by atoms with Gasteiger partial charge in [0.1, 0.15) is 38.5 Å². The van der Waals surface area contributed by atoms with E-state index in [-0.39, 0.29) is 11.2 Å². The quantitative estimate of drug-likeness (QED) is 0.123. The number of anilines is 2. The Bertz CT molecular complexity index is 1860. The van der Waals surface area contributed by atoms with Crippen LogP contribution in [0, 0.1) is 0 Å². The van der Waals surface area contributed by atoms with Crippen LogP contribution in [0.15, 0.2) is 85.9 Å². The fourth-order valence-corrected chi connectivity index (χ4v) is 5.52. The number of amides is 2. The number of fused-ring (bicyclic) bond motifs is 1. The molecule has 0 unspecified atom stereocenters. The van der Waals surface area contributed by atoms with E-state index >= 15 is 0 Å². The molecule has 3 heterocycles. The smallest absolute Gasteiger partial charge is 0.324 e. The van der Waals surface area contributed by atoms with Crippen LogP contribution in [-0.4, -0.2) is 48.1 Å². The van der Waals surface area contributed by atoms with E-state index in [1.807, 2.05) is 69.3 Å². The third-order valence-corrected chi connectivity index (χ3v) is 8.25. The van der Waals surface area contributed by atoms with Crippen LogP contribution in [0.1, 0.15) is 32.3 Å². The van der Waals surface area contributed by atoms with Gasteiger partial charge in [0.25, 0.3) is 0 Å². The average Bonchev–Trinajstić information content (AvgIpc) is 3.61. The number of carbonyl (C=O) groups is 1. The number of benzene rings is 2. The van der Waals surface area contributed by atoms with Gasteiger partial charge in [-0.25, -0.2) is 23.2 Å². The fourth-order valence-electron chi connectivity index (χ4n) is 4.08. The van der Waals surface area contributed by atoms with E-state index in [9.17, 15) is 13.2 Å². The van der Waals surface area contributed by atoms with Gasteiger partial charge in [0.05, 0.1) is 17.8 Å². The third-order valence-electron chi connectivity index (χ3n) is 6.29. The van der Waals surface area contributed by atoms with Crippen LogP contribution in [0.5, 0.6) is 0 Å². The number of rotatable bonds is 10. The average molecular weight is 621 g/mol. The first-order chi connectivity index (χ1) is 20.4. The van der Waals surface area contributed by atoms with E-state index in [1.54, 1.807) is 12.1 Å². The van der Waals surface area contributed by atoms with Crippen molar-refractivity contribution in [2.24, 2.45) is 0 Å². The Kier molecular flexibility index (Phi) is 8.85. The summed E-state index contributed by atoms with van der Waals surface area (Å²) >= 11 is 1.45. The van der Waals surface area contributed by atoms with Crippen LogP contribution in [0.4, 0.5) is 16.3 Å². The maximum Gasteiger partial charge on any atom is 0.324 e. The molecule has 0 aliphatic carbocycles. The molecule has 224 valence electrons. The first-order valence-electron chi connectivity index (χ1n) is 13.5. The summed E-state index contributed by atoms with van der Waals surface area (Å²) in [6, 6.07) is 18.3. The highest BCUT2D eigenvalue weighted by Crippen LogP contribution is 2.35. The number of hydrogen-bond donors (Lipinski definition) is 3. The van der Waals surface area contributed by atoms with Crippen LogP contribution in [0.25, 0.3) is 22.2 Å². The van der Waals surface area contributed by atoms with Gasteiger partial charge in [-0.1, -0.05) is 43.8 Å². The molecule has 43 heavy (non-hydrogen) atoms. The maximum absolute atomic E-state index is 12.6. The standard InChI is InChI=1S/C30H32N6O5S2/c1-30(2,3)26-16-27(36-41-26)35-29(37)34-20-6-5-7-22(15-20)42-28-23-14-19(8-10-24(23)32-18-33-28)25-11-9-21(40-25)17-31-12-13-43(4,38)39/h5-11,14-16,18,31H,12-13,17H2,1-4H3,(H2,34,35,36,37). The van der Waals surface area contributed by atoms with Crippen molar-refractivity contribution in [2.45, 2.75) is 42.7 Å². The van der Waals surface area contributed by atoms with Gasteiger partial charge in [0, 0.05) is 45.8 Å². The van der Waals surface area contributed by atoms with E-state index < -0.39 is 15.9 Å². The maximum atomic E-state index is 12.6. The molecule has 0 radical (unpaired) electrons. The zero-order chi connectivity index (χ0) is 30.6. The van der Waals surface area contributed by atoms with Gasteiger partial charge < -0.3 is 19.6 Å². The summed E-state index contributed by atoms with van der Waals surface area (Å²) in [5, 5.41) is 14.2. The molecule has 2 aromatic carbocycles. The minimum absolute atomic E-state index is 0.0685. The molecule has 2 amide bonds. The predicted molar refractivity (Wildman–Crippen MR) is 167 cm³/mol. The molecule has 5 rings (SSSR count). The number of nitrogens with zero attached hydrogens (tertiary/aromatic N) is 3. The van der Waals surface area contributed by atoms with Crippen LogP contribution in [0.2, 0.25) is 0 Å². The Morgan fingerprint density at radius 3 is 2.60 bits per heavy atom. The first-order valence-corrected chi connectivity index (χ1v) is 16.4. The first kappa shape index (κ1) is 30.3. The van der Waals surface area contributed by atoms with Crippen molar-refractivity contribution < 1.29 is 22.2 Å².